The number of halogens is 3. The number of para-hydroxylation sites is 1. The third-order valence-corrected chi connectivity index (χ3v) is 5.31. The lowest BCUT2D eigenvalue weighted by Crippen LogP contribution is -2.37. The molecule has 1 aliphatic rings. The maximum atomic E-state index is 12.8. The van der Waals surface area contributed by atoms with E-state index in [1.807, 2.05) is 6.07 Å². The maximum Gasteiger partial charge on any atom is 0.573 e. The number of nitrogens with one attached hydrogen (secondary N) is 1. The number of hydrogen-bond acceptors (Lipinski definition) is 6. The van der Waals surface area contributed by atoms with Crippen LogP contribution in [0.3, 0.4) is 0 Å². The number of fused-ring (bicyclic) bond motifs is 1. The molecule has 0 spiro atoms. The van der Waals surface area contributed by atoms with Gasteiger partial charge in [0.05, 0.1) is 30.6 Å². The van der Waals surface area contributed by atoms with Gasteiger partial charge in [-0.05, 0) is 30.3 Å². The fourth-order valence-electron chi connectivity index (χ4n) is 3.76. The summed E-state index contributed by atoms with van der Waals surface area (Å²) in [7, 11) is 0. The normalized spacial score (nSPS) is 14.6. The summed E-state index contributed by atoms with van der Waals surface area (Å²) in [6.45, 7) is 2.52. The van der Waals surface area contributed by atoms with Crippen molar-refractivity contribution in [2.24, 2.45) is 0 Å². The molecule has 2 aromatic heterocycles. The minimum Gasteiger partial charge on any atom is -0.406 e. The van der Waals surface area contributed by atoms with E-state index in [0.717, 1.165) is 0 Å². The second-order valence-electron chi connectivity index (χ2n) is 7.44. The van der Waals surface area contributed by atoms with Gasteiger partial charge in [0.1, 0.15) is 17.3 Å². The molecule has 1 saturated heterocycles. The topological polar surface area (TPSA) is 85.3 Å². The number of H-pyrrole nitrogens is 1. The molecule has 0 radical (unpaired) electrons. The van der Waals surface area contributed by atoms with E-state index in [2.05, 4.69) is 24.9 Å². The number of rotatable bonds is 4. The van der Waals surface area contributed by atoms with E-state index in [0.29, 0.717) is 60.0 Å². The Morgan fingerprint density at radius 3 is 2.55 bits per heavy atom. The van der Waals surface area contributed by atoms with Gasteiger partial charge in [0.2, 0.25) is 0 Å². The van der Waals surface area contributed by atoms with Gasteiger partial charge < -0.3 is 19.4 Å². The number of anilines is 1. The lowest BCUT2D eigenvalue weighted by molar-refractivity contribution is -0.274. The summed E-state index contributed by atoms with van der Waals surface area (Å²) in [5.41, 5.74) is 2.21. The van der Waals surface area contributed by atoms with Crippen molar-refractivity contribution in [3.05, 3.63) is 65.0 Å². The largest absolute Gasteiger partial charge is 0.573 e. The quantitative estimate of drug-likeness (QED) is 0.505. The van der Waals surface area contributed by atoms with E-state index in [1.54, 1.807) is 24.4 Å². The average molecular weight is 457 g/mol. The van der Waals surface area contributed by atoms with Crippen LogP contribution in [0.4, 0.5) is 19.0 Å². The van der Waals surface area contributed by atoms with E-state index in [1.165, 1.54) is 28.9 Å². The minimum atomic E-state index is -4.76. The van der Waals surface area contributed by atoms with E-state index in [-0.39, 0.29) is 11.2 Å². The summed E-state index contributed by atoms with van der Waals surface area (Å²) in [5, 5.41) is 8.83. The number of benzene rings is 2. The Kier molecular flexibility index (Phi) is 5.25. The number of hydrogen-bond donors (Lipinski definition) is 1. The van der Waals surface area contributed by atoms with Gasteiger partial charge in [-0.15, -0.1) is 18.3 Å². The molecule has 5 rings (SSSR count). The number of morpholine rings is 1. The highest BCUT2D eigenvalue weighted by Crippen LogP contribution is 2.28. The number of ether oxygens (including phenoxy) is 2. The van der Waals surface area contributed by atoms with Gasteiger partial charge in [0.25, 0.3) is 0 Å². The summed E-state index contributed by atoms with van der Waals surface area (Å²) >= 11 is 0. The van der Waals surface area contributed by atoms with E-state index in [4.69, 9.17) is 4.74 Å². The molecule has 33 heavy (non-hydrogen) atoms. The molecule has 8 nitrogen and oxygen atoms in total. The second kappa shape index (κ2) is 8.24. The van der Waals surface area contributed by atoms with Crippen LogP contribution in [-0.2, 0) is 4.74 Å². The first-order valence-electron chi connectivity index (χ1n) is 10.1. The first kappa shape index (κ1) is 21.0. The monoisotopic (exact) mass is 457 g/mol. The lowest BCUT2D eigenvalue weighted by atomic mass is 10.1. The molecule has 0 unspecified atom stereocenters. The van der Waals surface area contributed by atoms with Gasteiger partial charge in [0, 0.05) is 30.1 Å². The van der Waals surface area contributed by atoms with Crippen LogP contribution in [0.15, 0.2) is 59.5 Å². The zero-order chi connectivity index (χ0) is 23.0. The Labute approximate surface area is 185 Å². The fraction of sp³-hybridized carbons (Fsp3) is 0.227. The highest BCUT2D eigenvalue weighted by Gasteiger charge is 2.31. The van der Waals surface area contributed by atoms with E-state index < -0.39 is 6.36 Å². The highest BCUT2D eigenvalue weighted by atomic mass is 19.4. The van der Waals surface area contributed by atoms with Crippen molar-refractivity contribution >= 4 is 16.7 Å². The Balaban J connectivity index is 1.50. The van der Waals surface area contributed by atoms with Crippen molar-refractivity contribution < 1.29 is 22.6 Å². The van der Waals surface area contributed by atoms with Crippen LogP contribution in [0.1, 0.15) is 0 Å². The molecule has 1 N–H and O–H groups in total. The molecule has 3 heterocycles. The van der Waals surface area contributed by atoms with Crippen LogP contribution in [0.25, 0.3) is 27.8 Å². The molecule has 4 aromatic rings. The van der Waals surface area contributed by atoms with Crippen LogP contribution in [-0.4, -0.2) is 52.6 Å². The van der Waals surface area contributed by atoms with Crippen LogP contribution in [0.5, 0.6) is 5.75 Å². The summed E-state index contributed by atoms with van der Waals surface area (Å²) in [6, 6.07) is 12.2. The summed E-state index contributed by atoms with van der Waals surface area (Å²) < 4.78 is 47.9. The molecule has 0 atom stereocenters. The van der Waals surface area contributed by atoms with Crippen LogP contribution in [0, 0.1) is 0 Å². The summed E-state index contributed by atoms with van der Waals surface area (Å²) in [6.07, 6.45) is -3.11. The molecular weight excluding hydrogens is 439 g/mol. The van der Waals surface area contributed by atoms with E-state index in [9.17, 15) is 18.0 Å². The van der Waals surface area contributed by atoms with Crippen molar-refractivity contribution in [3.8, 4) is 22.7 Å². The second-order valence-corrected chi connectivity index (χ2v) is 7.44. The van der Waals surface area contributed by atoms with Crippen molar-refractivity contribution in [2.45, 2.75) is 6.36 Å². The molecule has 2 aromatic carbocycles. The minimum absolute atomic E-state index is 0.111. The van der Waals surface area contributed by atoms with Gasteiger partial charge in [-0.2, -0.15) is 0 Å². The van der Waals surface area contributed by atoms with E-state index >= 15 is 0 Å². The molecule has 0 bridgehead atoms. The predicted molar refractivity (Wildman–Crippen MR) is 115 cm³/mol. The first-order valence-corrected chi connectivity index (χ1v) is 10.1. The van der Waals surface area contributed by atoms with Crippen molar-refractivity contribution in [3.63, 3.8) is 0 Å². The molecule has 1 aliphatic heterocycles. The molecular formula is C22H18F3N5O3. The molecule has 0 amide bonds. The molecule has 11 heteroatoms. The van der Waals surface area contributed by atoms with Gasteiger partial charge in [0.15, 0.2) is 5.43 Å². The predicted octanol–water partition coefficient (Wildman–Crippen LogP) is 3.51. The molecule has 170 valence electrons. The SMILES string of the molecule is O=c1cc(N2CCOCC2)[nH]c2c(-c3cn(-c4ccc(OC(F)(F)F)cc4)nn3)cccc12. The third-order valence-electron chi connectivity index (χ3n) is 5.31. The Hall–Kier alpha value is -3.86. The van der Waals surface area contributed by atoms with Crippen LogP contribution < -0.4 is 15.1 Å². The van der Waals surface area contributed by atoms with Crippen LogP contribution in [0.2, 0.25) is 0 Å². The standard InChI is InChI=1S/C22H18F3N5O3/c23-22(24,25)33-15-6-4-14(5-7-15)30-13-18(27-28-30)16-2-1-3-17-19(31)12-20(26-21(16)17)29-8-10-32-11-9-29/h1-7,12-13H,8-11H2,(H,26,31). The number of aromatic nitrogens is 4. The number of aromatic amines is 1. The Morgan fingerprint density at radius 2 is 1.82 bits per heavy atom. The van der Waals surface area contributed by atoms with Crippen LogP contribution >= 0.6 is 0 Å². The molecule has 0 aliphatic carbocycles. The number of nitrogens with zero attached hydrogens (tertiary/aromatic N) is 4. The number of alkyl halides is 3. The van der Waals surface area contributed by atoms with Crippen molar-refractivity contribution in [1.29, 1.82) is 0 Å². The Morgan fingerprint density at radius 1 is 1.06 bits per heavy atom. The molecule has 0 saturated carbocycles. The average Bonchev–Trinajstić information content (AvgIpc) is 3.29. The smallest absolute Gasteiger partial charge is 0.406 e. The zero-order valence-electron chi connectivity index (χ0n) is 17.2. The van der Waals surface area contributed by atoms with Gasteiger partial charge in [-0.25, -0.2) is 4.68 Å². The van der Waals surface area contributed by atoms with Crippen molar-refractivity contribution in [1.82, 2.24) is 20.0 Å². The Bertz CT molecular complexity index is 1340. The third kappa shape index (κ3) is 4.40. The fourth-order valence-corrected chi connectivity index (χ4v) is 3.76. The van der Waals surface area contributed by atoms with Gasteiger partial charge in [-0.1, -0.05) is 17.3 Å². The van der Waals surface area contributed by atoms with Crippen molar-refractivity contribution in [2.75, 3.05) is 31.2 Å². The zero-order valence-corrected chi connectivity index (χ0v) is 17.2. The lowest BCUT2D eigenvalue weighted by Gasteiger charge is -2.28. The summed E-state index contributed by atoms with van der Waals surface area (Å²) in [5.74, 6) is 0.379. The van der Waals surface area contributed by atoms with Gasteiger partial charge >= 0.3 is 6.36 Å². The maximum absolute atomic E-state index is 12.8. The highest BCUT2D eigenvalue weighted by molar-refractivity contribution is 5.93. The first-order chi connectivity index (χ1) is 15.9. The number of pyridine rings is 1. The molecule has 1 fully saturated rings. The summed E-state index contributed by atoms with van der Waals surface area (Å²) in [4.78, 5) is 18.2. The van der Waals surface area contributed by atoms with Gasteiger partial charge in [-0.3, -0.25) is 4.79 Å².